The zero-order valence-corrected chi connectivity index (χ0v) is 10.9. The minimum Gasteiger partial charge on any atom is -0.282 e. The van der Waals surface area contributed by atoms with E-state index in [0.29, 0.717) is 0 Å². The van der Waals surface area contributed by atoms with E-state index in [2.05, 4.69) is 0 Å². The van der Waals surface area contributed by atoms with Crippen molar-refractivity contribution in [1.82, 2.24) is 0 Å². The van der Waals surface area contributed by atoms with Gasteiger partial charge in [-0.15, -0.1) is 0 Å². The van der Waals surface area contributed by atoms with E-state index >= 15 is 0 Å². The molecule has 0 bridgehead atoms. The molecule has 0 radical (unpaired) electrons. The second-order valence-electron chi connectivity index (χ2n) is 3.36. The van der Waals surface area contributed by atoms with Gasteiger partial charge in [0.1, 0.15) is 4.90 Å². The summed E-state index contributed by atoms with van der Waals surface area (Å²) in [6.07, 6.45) is -6.20. The summed E-state index contributed by atoms with van der Waals surface area (Å²) >= 11 is 1.66. The van der Waals surface area contributed by atoms with E-state index in [9.17, 15) is 26.0 Å². The van der Waals surface area contributed by atoms with Gasteiger partial charge in [-0.1, -0.05) is 18.2 Å². The summed E-state index contributed by atoms with van der Waals surface area (Å²) in [7, 11) is -4.82. The summed E-state index contributed by atoms with van der Waals surface area (Å²) in [5.41, 5.74) is -0.869. The lowest BCUT2D eigenvalue weighted by molar-refractivity contribution is -0.0208. The quantitative estimate of drug-likeness (QED) is 0.515. The van der Waals surface area contributed by atoms with Crippen LogP contribution in [0.1, 0.15) is 11.7 Å². The molecule has 1 N–H and O–H groups in total. The van der Waals surface area contributed by atoms with Crippen LogP contribution in [0.2, 0.25) is 0 Å². The Morgan fingerprint density at radius 3 is 2.17 bits per heavy atom. The van der Waals surface area contributed by atoms with Crippen LogP contribution in [0.4, 0.5) is 17.6 Å². The van der Waals surface area contributed by atoms with Crippen LogP contribution in [0.5, 0.6) is 0 Å². The van der Waals surface area contributed by atoms with Gasteiger partial charge in [0, 0.05) is 5.56 Å². The van der Waals surface area contributed by atoms with Crippen molar-refractivity contribution in [2.45, 2.75) is 22.1 Å². The van der Waals surface area contributed by atoms with Crippen molar-refractivity contribution in [3.05, 3.63) is 29.8 Å². The van der Waals surface area contributed by atoms with Crippen molar-refractivity contribution < 1.29 is 30.5 Å². The maximum Gasteiger partial charge on any atom is 0.335 e. The smallest absolute Gasteiger partial charge is 0.282 e. The van der Waals surface area contributed by atoms with E-state index in [4.69, 9.17) is 4.55 Å². The van der Waals surface area contributed by atoms with Gasteiger partial charge in [0.05, 0.1) is 0 Å². The summed E-state index contributed by atoms with van der Waals surface area (Å²) in [5, 5.41) is 0. The molecule has 102 valence electrons. The Labute approximate surface area is 109 Å². The average molecular weight is 351 g/mol. The molecule has 2 atom stereocenters. The molecule has 0 spiro atoms. The predicted octanol–water partition coefficient (Wildman–Crippen LogP) is 3.27. The molecule has 0 aliphatic heterocycles. The van der Waals surface area contributed by atoms with Gasteiger partial charge < -0.3 is 0 Å². The Morgan fingerprint density at radius 2 is 1.72 bits per heavy atom. The first-order valence-electron chi connectivity index (χ1n) is 4.46. The van der Waals surface area contributed by atoms with Gasteiger partial charge in [-0.2, -0.15) is 17.2 Å². The lowest BCUT2D eigenvalue weighted by Gasteiger charge is -2.19. The summed E-state index contributed by atoms with van der Waals surface area (Å²) in [6.45, 7) is 0. The van der Waals surface area contributed by atoms with Crippen molar-refractivity contribution in [3.63, 3.8) is 0 Å². The minimum atomic E-state index is -4.82. The highest BCUT2D eigenvalue weighted by atomic mass is 79.9. The van der Waals surface area contributed by atoms with E-state index in [0.717, 1.165) is 24.3 Å². The number of benzene rings is 1. The zero-order chi connectivity index (χ0) is 14.1. The van der Waals surface area contributed by atoms with Crippen LogP contribution in [0, 0.1) is 0 Å². The third-order valence-corrected chi connectivity index (χ3v) is 3.43. The van der Waals surface area contributed by atoms with Gasteiger partial charge in [-0.05, 0) is 22.0 Å². The Kier molecular flexibility index (Phi) is 4.39. The topological polar surface area (TPSA) is 54.4 Å². The summed E-state index contributed by atoms with van der Waals surface area (Å²) < 4.78 is 82.4. The SMILES string of the molecule is O=S(=O)(O)c1ccccc1C(F)C(F)C(F)(F)Br. The normalized spacial score (nSPS) is 16.3. The lowest BCUT2D eigenvalue weighted by atomic mass is 10.1. The molecule has 0 saturated carbocycles. The third-order valence-electron chi connectivity index (χ3n) is 2.06. The largest absolute Gasteiger partial charge is 0.335 e. The van der Waals surface area contributed by atoms with Crippen molar-refractivity contribution in [3.8, 4) is 0 Å². The highest BCUT2D eigenvalue weighted by Gasteiger charge is 2.45. The Balaban J connectivity index is 3.27. The summed E-state index contributed by atoms with van der Waals surface area (Å²) in [4.78, 5) is -5.10. The summed E-state index contributed by atoms with van der Waals surface area (Å²) in [6, 6.07) is 3.87. The van der Waals surface area contributed by atoms with Gasteiger partial charge in [-0.25, -0.2) is 8.78 Å². The number of rotatable bonds is 4. The van der Waals surface area contributed by atoms with Gasteiger partial charge in [-0.3, -0.25) is 4.55 Å². The van der Waals surface area contributed by atoms with Crippen molar-refractivity contribution >= 4 is 26.0 Å². The predicted molar refractivity (Wildman–Crippen MR) is 58.9 cm³/mol. The molecule has 0 aromatic heterocycles. The standard InChI is InChI=1S/C9H7BrF4O3S/c10-9(13,14)8(12)7(11)5-3-1-2-4-6(5)18(15,16)17/h1-4,7-8H,(H,15,16,17). The lowest BCUT2D eigenvalue weighted by Crippen LogP contribution is -2.28. The first kappa shape index (κ1) is 15.4. The second kappa shape index (κ2) is 5.14. The van der Waals surface area contributed by atoms with E-state index < -0.39 is 37.8 Å². The monoisotopic (exact) mass is 350 g/mol. The zero-order valence-electron chi connectivity index (χ0n) is 8.53. The Bertz CT molecular complexity index is 529. The summed E-state index contributed by atoms with van der Waals surface area (Å²) in [5.74, 6) is 0. The van der Waals surface area contributed by atoms with Crippen LogP contribution in [0.15, 0.2) is 29.2 Å². The molecule has 0 aliphatic rings. The van der Waals surface area contributed by atoms with E-state index in [1.807, 2.05) is 0 Å². The molecule has 1 aromatic carbocycles. The van der Waals surface area contributed by atoms with Crippen LogP contribution in [0.25, 0.3) is 0 Å². The van der Waals surface area contributed by atoms with Crippen LogP contribution >= 0.6 is 15.9 Å². The number of hydrogen-bond acceptors (Lipinski definition) is 2. The van der Waals surface area contributed by atoms with Gasteiger partial charge in [0.2, 0.25) is 6.17 Å². The Hall–Kier alpha value is -0.670. The Morgan fingerprint density at radius 1 is 1.22 bits per heavy atom. The maximum atomic E-state index is 13.6. The molecule has 1 rings (SSSR count). The van der Waals surface area contributed by atoms with E-state index in [-0.39, 0.29) is 0 Å². The van der Waals surface area contributed by atoms with E-state index in [1.54, 1.807) is 15.9 Å². The first-order chi connectivity index (χ1) is 8.05. The molecule has 0 saturated heterocycles. The molecule has 0 fully saturated rings. The van der Waals surface area contributed by atoms with Crippen molar-refractivity contribution in [2.24, 2.45) is 0 Å². The molecule has 0 heterocycles. The van der Waals surface area contributed by atoms with Crippen LogP contribution in [0.3, 0.4) is 0 Å². The highest BCUT2D eigenvalue weighted by molar-refractivity contribution is 9.10. The number of halogens is 5. The highest BCUT2D eigenvalue weighted by Crippen LogP contribution is 2.40. The molecule has 9 heteroatoms. The fraction of sp³-hybridized carbons (Fsp3) is 0.333. The minimum absolute atomic E-state index is 0.788. The molecule has 2 unspecified atom stereocenters. The molecule has 18 heavy (non-hydrogen) atoms. The fourth-order valence-corrected chi connectivity index (χ4v) is 2.23. The molecular weight excluding hydrogens is 344 g/mol. The fourth-order valence-electron chi connectivity index (χ4n) is 1.27. The van der Waals surface area contributed by atoms with Crippen molar-refractivity contribution in [1.29, 1.82) is 0 Å². The first-order valence-corrected chi connectivity index (χ1v) is 6.69. The third kappa shape index (κ3) is 3.42. The van der Waals surface area contributed by atoms with Crippen LogP contribution in [-0.4, -0.2) is 24.0 Å². The van der Waals surface area contributed by atoms with Crippen LogP contribution in [-0.2, 0) is 10.1 Å². The van der Waals surface area contributed by atoms with Gasteiger partial charge >= 0.3 is 4.83 Å². The maximum absolute atomic E-state index is 13.6. The van der Waals surface area contributed by atoms with Crippen LogP contribution < -0.4 is 0 Å². The van der Waals surface area contributed by atoms with Gasteiger partial charge in [0.25, 0.3) is 10.1 Å². The number of alkyl halides is 5. The molecule has 0 amide bonds. The molecule has 0 aliphatic carbocycles. The van der Waals surface area contributed by atoms with Gasteiger partial charge in [0.15, 0.2) is 6.17 Å². The van der Waals surface area contributed by atoms with Crippen molar-refractivity contribution in [2.75, 3.05) is 0 Å². The van der Waals surface area contributed by atoms with E-state index in [1.165, 1.54) is 0 Å². The average Bonchev–Trinajstić information content (AvgIpc) is 2.24. The molecule has 1 aromatic rings. The molecule has 3 nitrogen and oxygen atoms in total. The molecular formula is C9H7BrF4O3S. The second-order valence-corrected chi connectivity index (χ2v) is 5.81. The number of hydrogen-bond donors (Lipinski definition) is 1.